The maximum Gasteiger partial charge on any atom is 0.155 e. The molecule has 1 heteroatoms. The first-order valence-electron chi connectivity index (χ1n) is 9.33. The molecule has 0 aromatic carbocycles. The lowest BCUT2D eigenvalue weighted by Gasteiger charge is -2.58. The Morgan fingerprint density at radius 3 is 2.73 bits per heavy atom. The van der Waals surface area contributed by atoms with E-state index in [1.807, 2.05) is 6.08 Å². The van der Waals surface area contributed by atoms with E-state index in [4.69, 9.17) is 0 Å². The normalized spacial score (nSPS) is 53.5. The van der Waals surface area contributed by atoms with Crippen molar-refractivity contribution in [1.82, 2.24) is 0 Å². The lowest BCUT2D eigenvalue weighted by atomic mass is 9.46. The van der Waals surface area contributed by atoms with Crippen molar-refractivity contribution in [1.29, 1.82) is 0 Å². The zero-order chi connectivity index (χ0) is 15.5. The molecule has 120 valence electrons. The van der Waals surface area contributed by atoms with Gasteiger partial charge in [0.05, 0.1) is 0 Å². The van der Waals surface area contributed by atoms with Gasteiger partial charge < -0.3 is 0 Å². The second-order valence-electron chi connectivity index (χ2n) is 8.98. The molecule has 0 aromatic rings. The van der Waals surface area contributed by atoms with Crippen LogP contribution in [0.4, 0.5) is 0 Å². The highest BCUT2D eigenvalue weighted by molar-refractivity contribution is 5.91. The zero-order valence-corrected chi connectivity index (χ0v) is 14.2. The van der Waals surface area contributed by atoms with Crippen molar-refractivity contribution in [2.45, 2.75) is 58.8 Å². The summed E-state index contributed by atoms with van der Waals surface area (Å²) >= 11 is 0. The third-order valence-electron chi connectivity index (χ3n) is 8.40. The van der Waals surface area contributed by atoms with E-state index in [0.29, 0.717) is 17.1 Å². The van der Waals surface area contributed by atoms with Gasteiger partial charge in [-0.2, -0.15) is 0 Å². The molecule has 0 amide bonds. The van der Waals surface area contributed by atoms with Crippen molar-refractivity contribution >= 4 is 5.78 Å². The average Bonchev–Trinajstić information content (AvgIpc) is 2.84. The van der Waals surface area contributed by atoms with E-state index in [-0.39, 0.29) is 5.41 Å². The highest BCUT2D eigenvalue weighted by Gasteiger charge is 2.58. The molecule has 0 heterocycles. The van der Waals surface area contributed by atoms with Gasteiger partial charge in [-0.1, -0.05) is 26.0 Å². The van der Waals surface area contributed by atoms with E-state index in [2.05, 4.69) is 32.6 Å². The average molecular weight is 298 g/mol. The monoisotopic (exact) mass is 298 g/mol. The molecule has 5 unspecified atom stereocenters. The van der Waals surface area contributed by atoms with Crippen LogP contribution in [0.1, 0.15) is 58.8 Å². The summed E-state index contributed by atoms with van der Waals surface area (Å²) in [6.45, 7) is 9.12. The van der Waals surface area contributed by atoms with Gasteiger partial charge in [-0.25, -0.2) is 0 Å². The Morgan fingerprint density at radius 2 is 1.95 bits per heavy atom. The first kappa shape index (κ1) is 14.7. The first-order valence-corrected chi connectivity index (χ1v) is 9.33. The smallest absolute Gasteiger partial charge is 0.155 e. The van der Waals surface area contributed by atoms with Gasteiger partial charge in [0.1, 0.15) is 0 Å². The minimum absolute atomic E-state index is 0.282. The number of carbonyl (C=O) groups is 1. The summed E-state index contributed by atoms with van der Waals surface area (Å²) in [5.74, 6) is 4.26. The second-order valence-corrected chi connectivity index (χ2v) is 8.98. The maximum absolute atomic E-state index is 11.8. The predicted molar refractivity (Wildman–Crippen MR) is 90.3 cm³/mol. The lowest BCUT2D eigenvalue weighted by molar-refractivity contribution is -0.122. The Balaban J connectivity index is 1.67. The molecule has 3 saturated carbocycles. The Bertz CT molecular complexity index is 532. The van der Waals surface area contributed by atoms with Gasteiger partial charge in [0, 0.05) is 6.42 Å². The van der Waals surface area contributed by atoms with Gasteiger partial charge >= 0.3 is 0 Å². The Kier molecular flexibility index (Phi) is 3.23. The van der Waals surface area contributed by atoms with Gasteiger partial charge in [-0.3, -0.25) is 4.79 Å². The standard InChI is InChI=1S/C21H30O/c1-4-14-6-8-18-17-7-5-15-13-16(22)9-11-21(15,3)19(17)10-12-20(14,18)2/h4,9,11,14-15,17-19H,1,5-8,10,12-13H2,2-3H3/t14?,15?,17?,18?,19?,20-,21+/m1/s1. The number of rotatable bonds is 1. The van der Waals surface area contributed by atoms with Crippen LogP contribution in [0, 0.1) is 40.4 Å². The minimum atomic E-state index is 0.282. The summed E-state index contributed by atoms with van der Waals surface area (Å²) in [6, 6.07) is 0. The fourth-order valence-corrected chi connectivity index (χ4v) is 7.06. The van der Waals surface area contributed by atoms with Crippen LogP contribution < -0.4 is 0 Å². The second kappa shape index (κ2) is 4.82. The van der Waals surface area contributed by atoms with Crippen molar-refractivity contribution in [2.75, 3.05) is 0 Å². The lowest BCUT2D eigenvalue weighted by Crippen LogP contribution is -2.52. The Labute approximate surface area is 135 Å². The van der Waals surface area contributed by atoms with Gasteiger partial charge in [0.25, 0.3) is 0 Å². The molecule has 3 fully saturated rings. The molecular formula is C21H30O. The summed E-state index contributed by atoms with van der Waals surface area (Å²) in [5.41, 5.74) is 0.782. The van der Waals surface area contributed by atoms with Crippen LogP contribution in [0.3, 0.4) is 0 Å². The Hall–Kier alpha value is -0.850. The third kappa shape index (κ3) is 1.80. The van der Waals surface area contributed by atoms with Crippen molar-refractivity contribution in [3.05, 3.63) is 24.8 Å². The first-order chi connectivity index (χ1) is 10.5. The number of hydrogen-bond acceptors (Lipinski definition) is 1. The zero-order valence-electron chi connectivity index (χ0n) is 14.2. The number of hydrogen-bond donors (Lipinski definition) is 0. The summed E-state index contributed by atoms with van der Waals surface area (Å²) in [7, 11) is 0. The van der Waals surface area contributed by atoms with E-state index < -0.39 is 0 Å². The van der Waals surface area contributed by atoms with E-state index in [1.165, 1.54) is 38.5 Å². The molecule has 1 nitrogen and oxygen atoms in total. The molecule has 0 N–H and O–H groups in total. The quantitative estimate of drug-likeness (QED) is 0.610. The van der Waals surface area contributed by atoms with E-state index in [9.17, 15) is 4.79 Å². The van der Waals surface area contributed by atoms with E-state index in [1.54, 1.807) is 0 Å². The van der Waals surface area contributed by atoms with Gasteiger partial charge in [0.15, 0.2) is 5.78 Å². The SMILES string of the molecule is C=CC1CCC2C3CCC4CC(=O)C=C[C@]4(C)C3CC[C@]12C. The Morgan fingerprint density at radius 1 is 1.14 bits per heavy atom. The molecule has 0 aromatic heterocycles. The topological polar surface area (TPSA) is 17.1 Å². The van der Waals surface area contributed by atoms with Crippen LogP contribution in [0.2, 0.25) is 0 Å². The van der Waals surface area contributed by atoms with Crippen molar-refractivity contribution < 1.29 is 4.79 Å². The molecule has 0 radical (unpaired) electrons. The fourth-order valence-electron chi connectivity index (χ4n) is 7.06. The van der Waals surface area contributed by atoms with Crippen LogP contribution in [0.25, 0.3) is 0 Å². The predicted octanol–water partition coefficient (Wildman–Crippen LogP) is 5.18. The van der Waals surface area contributed by atoms with Crippen molar-refractivity contribution in [3.63, 3.8) is 0 Å². The molecule has 22 heavy (non-hydrogen) atoms. The third-order valence-corrected chi connectivity index (χ3v) is 8.40. The van der Waals surface area contributed by atoms with Crippen molar-refractivity contribution in [2.24, 2.45) is 40.4 Å². The van der Waals surface area contributed by atoms with Crippen LogP contribution in [0.15, 0.2) is 24.8 Å². The van der Waals surface area contributed by atoms with Crippen LogP contribution in [-0.4, -0.2) is 5.78 Å². The number of carbonyl (C=O) groups excluding carboxylic acids is 1. The van der Waals surface area contributed by atoms with Crippen LogP contribution >= 0.6 is 0 Å². The summed E-state index contributed by atoms with van der Waals surface area (Å²) in [4.78, 5) is 11.8. The fraction of sp³-hybridized carbons (Fsp3) is 0.762. The molecule has 4 aliphatic carbocycles. The van der Waals surface area contributed by atoms with Gasteiger partial charge in [-0.05, 0) is 85.0 Å². The van der Waals surface area contributed by atoms with Crippen LogP contribution in [-0.2, 0) is 4.79 Å². The highest BCUT2D eigenvalue weighted by atomic mass is 16.1. The summed E-state index contributed by atoms with van der Waals surface area (Å²) < 4.78 is 0. The summed E-state index contributed by atoms with van der Waals surface area (Å²) in [6.07, 6.45) is 15.3. The largest absolute Gasteiger partial charge is 0.295 e. The number of allylic oxidation sites excluding steroid dienone is 3. The molecule has 0 aliphatic heterocycles. The molecule has 4 aliphatic rings. The van der Waals surface area contributed by atoms with Gasteiger partial charge in [-0.15, -0.1) is 6.58 Å². The number of ketones is 1. The van der Waals surface area contributed by atoms with E-state index >= 15 is 0 Å². The van der Waals surface area contributed by atoms with Crippen LogP contribution in [0.5, 0.6) is 0 Å². The molecular weight excluding hydrogens is 268 g/mol. The molecule has 0 saturated heterocycles. The minimum Gasteiger partial charge on any atom is -0.295 e. The molecule has 0 spiro atoms. The van der Waals surface area contributed by atoms with Gasteiger partial charge in [0.2, 0.25) is 0 Å². The molecule has 7 atom stereocenters. The maximum atomic E-state index is 11.8. The highest BCUT2D eigenvalue weighted by Crippen LogP contribution is 2.66. The summed E-state index contributed by atoms with van der Waals surface area (Å²) in [5, 5.41) is 0. The molecule has 4 rings (SSSR count). The number of fused-ring (bicyclic) bond motifs is 5. The van der Waals surface area contributed by atoms with Crippen molar-refractivity contribution in [3.8, 4) is 0 Å². The van der Waals surface area contributed by atoms with E-state index in [0.717, 1.165) is 30.1 Å². The molecule has 0 bridgehead atoms.